The van der Waals surface area contributed by atoms with Gasteiger partial charge in [-0.2, -0.15) is 0 Å². The first-order chi connectivity index (χ1) is 13.8. The fraction of sp³-hybridized carbons (Fsp3) is 0.211. The number of nitrogens with zero attached hydrogens (tertiary/aromatic N) is 3. The van der Waals surface area contributed by atoms with Crippen LogP contribution in [-0.2, 0) is 17.9 Å². The Labute approximate surface area is 171 Å². The van der Waals surface area contributed by atoms with Crippen molar-refractivity contribution in [1.29, 1.82) is 0 Å². The number of ether oxygens (including phenoxy) is 1. The number of hydrogen-bond donors (Lipinski definition) is 1. The van der Waals surface area contributed by atoms with Crippen molar-refractivity contribution in [2.45, 2.75) is 27.0 Å². The van der Waals surface area contributed by atoms with Gasteiger partial charge < -0.3 is 14.5 Å². The lowest BCUT2D eigenvalue weighted by Crippen LogP contribution is -2.20. The maximum atomic E-state index is 12.3. The normalized spacial score (nSPS) is 10.6. The third-order valence-electron chi connectivity index (χ3n) is 3.99. The van der Waals surface area contributed by atoms with Crippen molar-refractivity contribution in [2.24, 2.45) is 0 Å². The van der Waals surface area contributed by atoms with Crippen LogP contribution in [0.2, 0.25) is 0 Å². The first-order valence-corrected chi connectivity index (χ1v) is 9.04. The number of rotatable bonds is 7. The third kappa shape index (κ3) is 5.26. The van der Waals surface area contributed by atoms with Crippen molar-refractivity contribution in [3.8, 4) is 5.75 Å². The van der Waals surface area contributed by atoms with Crippen molar-refractivity contribution < 1.29 is 18.9 Å². The van der Waals surface area contributed by atoms with Crippen molar-refractivity contribution in [1.82, 2.24) is 9.78 Å². The van der Waals surface area contributed by atoms with Crippen LogP contribution in [0, 0.1) is 28.8 Å². The molecule has 9 nitrogen and oxygen atoms in total. The Bertz CT molecular complexity index is 1120. The molecule has 10 heteroatoms. The van der Waals surface area contributed by atoms with Crippen molar-refractivity contribution in [3.05, 3.63) is 74.4 Å². The maximum Gasteiger partial charge on any atom is 0.287 e. The molecule has 0 saturated heterocycles. The average Bonchev–Trinajstić information content (AvgIpc) is 3.01. The minimum absolute atomic E-state index is 0.0440. The molecule has 0 bridgehead atoms. The molecular weight excluding hydrogens is 396 g/mol. The van der Waals surface area contributed by atoms with Crippen LogP contribution in [0.3, 0.4) is 0 Å². The molecule has 1 aromatic heterocycles. The molecule has 1 amide bonds. The molecule has 1 N–H and O–H groups in total. The lowest BCUT2D eigenvalue weighted by Gasteiger charge is -2.07. The molecule has 29 heavy (non-hydrogen) atoms. The fourth-order valence-electron chi connectivity index (χ4n) is 2.59. The van der Waals surface area contributed by atoms with E-state index in [1.165, 1.54) is 22.9 Å². The summed E-state index contributed by atoms with van der Waals surface area (Å²) in [6.07, 6.45) is 0. The Hall–Kier alpha value is -3.53. The summed E-state index contributed by atoms with van der Waals surface area (Å²) in [5, 5.41) is 17.6. The average molecular weight is 414 g/mol. The minimum Gasteiger partial charge on any atom is -0.484 e. The van der Waals surface area contributed by atoms with Gasteiger partial charge in [-0.3, -0.25) is 14.9 Å². The molecule has 0 aliphatic rings. The summed E-state index contributed by atoms with van der Waals surface area (Å²) in [6, 6.07) is 11.7. The fourth-order valence-corrected chi connectivity index (χ4v) is 2.79. The summed E-state index contributed by atoms with van der Waals surface area (Å²) in [4.78, 5) is 22.7. The quantitative estimate of drug-likeness (QED) is 0.354. The molecule has 0 spiro atoms. The first kappa shape index (κ1) is 20.2. The largest absolute Gasteiger partial charge is 0.484 e. The molecule has 0 atom stereocenters. The molecule has 0 unspecified atom stereocenters. The molecule has 0 fully saturated rings. The van der Waals surface area contributed by atoms with Crippen LogP contribution in [0.4, 0.5) is 11.4 Å². The van der Waals surface area contributed by atoms with Crippen LogP contribution in [0.1, 0.15) is 17.0 Å². The number of anilines is 1. The van der Waals surface area contributed by atoms with E-state index in [2.05, 4.69) is 10.4 Å². The van der Waals surface area contributed by atoms with E-state index in [1.54, 1.807) is 6.92 Å². The SMILES string of the molecule is Cc1cccc(OCc2nn(CC(=O)Nc3ccc([N+](=O)[O-])cc3C)c(=S)o2)c1. The Morgan fingerprint density at radius 2 is 2.10 bits per heavy atom. The van der Waals surface area contributed by atoms with Gasteiger partial charge in [-0.1, -0.05) is 12.1 Å². The van der Waals surface area contributed by atoms with Crippen molar-refractivity contribution in [2.75, 3.05) is 5.32 Å². The van der Waals surface area contributed by atoms with Crippen LogP contribution < -0.4 is 10.1 Å². The van der Waals surface area contributed by atoms with Crippen LogP contribution in [-0.4, -0.2) is 20.6 Å². The molecule has 2 aromatic carbocycles. The summed E-state index contributed by atoms with van der Waals surface area (Å²) in [5.41, 5.74) is 2.06. The Balaban J connectivity index is 1.62. The number of benzene rings is 2. The summed E-state index contributed by atoms with van der Waals surface area (Å²) in [6.45, 7) is 3.54. The minimum atomic E-state index is -0.492. The van der Waals surface area contributed by atoms with Crippen LogP contribution in [0.25, 0.3) is 0 Å². The van der Waals surface area contributed by atoms with Crippen molar-refractivity contribution in [3.63, 3.8) is 0 Å². The van der Waals surface area contributed by atoms with Gasteiger partial charge in [0.2, 0.25) is 5.91 Å². The number of nitrogens with one attached hydrogen (secondary N) is 1. The number of aryl methyl sites for hydroxylation is 2. The number of non-ortho nitro benzene ring substituents is 1. The van der Waals surface area contributed by atoms with Gasteiger partial charge in [-0.25, -0.2) is 4.68 Å². The number of aromatic nitrogens is 2. The van der Waals surface area contributed by atoms with Gasteiger partial charge in [-0.05, 0) is 55.4 Å². The van der Waals surface area contributed by atoms with Gasteiger partial charge in [0.1, 0.15) is 12.3 Å². The standard InChI is InChI=1S/C19H18N4O5S/c1-12-4-3-5-15(8-12)27-11-18-21-22(19(29)28-18)10-17(24)20-16-7-6-14(23(25)26)9-13(16)2/h3-9H,10-11H2,1-2H3,(H,20,24). The van der Waals surface area contributed by atoms with E-state index in [-0.39, 0.29) is 29.6 Å². The summed E-state index contributed by atoms with van der Waals surface area (Å²) < 4.78 is 12.2. The molecule has 3 aromatic rings. The summed E-state index contributed by atoms with van der Waals surface area (Å²) in [5.74, 6) is 0.528. The Morgan fingerprint density at radius 1 is 1.31 bits per heavy atom. The highest BCUT2D eigenvalue weighted by Crippen LogP contribution is 2.21. The molecule has 150 valence electrons. The molecule has 0 aliphatic heterocycles. The zero-order valence-corrected chi connectivity index (χ0v) is 16.6. The molecule has 0 saturated carbocycles. The molecule has 0 aliphatic carbocycles. The second kappa shape index (κ2) is 8.65. The summed E-state index contributed by atoms with van der Waals surface area (Å²) >= 11 is 5.10. The van der Waals surface area contributed by atoms with Crippen LogP contribution in [0.15, 0.2) is 46.9 Å². The van der Waals surface area contributed by atoms with E-state index in [0.717, 1.165) is 5.56 Å². The predicted molar refractivity (Wildman–Crippen MR) is 107 cm³/mol. The molecule has 3 rings (SSSR count). The maximum absolute atomic E-state index is 12.3. The molecule has 0 radical (unpaired) electrons. The topological polar surface area (TPSA) is 112 Å². The number of carbonyl (C=O) groups excluding carboxylic acids is 1. The highest BCUT2D eigenvalue weighted by molar-refractivity contribution is 7.71. The van der Waals surface area contributed by atoms with E-state index in [9.17, 15) is 14.9 Å². The highest BCUT2D eigenvalue weighted by Gasteiger charge is 2.13. The monoisotopic (exact) mass is 414 g/mol. The second-order valence-corrected chi connectivity index (χ2v) is 6.68. The third-order valence-corrected chi connectivity index (χ3v) is 4.28. The Morgan fingerprint density at radius 3 is 2.79 bits per heavy atom. The first-order valence-electron chi connectivity index (χ1n) is 8.63. The van der Waals surface area contributed by atoms with Crippen LogP contribution >= 0.6 is 12.2 Å². The molecule has 1 heterocycles. The van der Waals surface area contributed by atoms with Crippen LogP contribution in [0.5, 0.6) is 5.75 Å². The van der Waals surface area contributed by atoms with E-state index in [1.807, 2.05) is 31.2 Å². The van der Waals surface area contributed by atoms with Crippen molar-refractivity contribution >= 4 is 29.5 Å². The molecular formula is C19H18N4O5S. The van der Waals surface area contributed by atoms with E-state index < -0.39 is 10.8 Å². The highest BCUT2D eigenvalue weighted by atomic mass is 32.1. The number of carbonyl (C=O) groups is 1. The number of amides is 1. The van der Waals surface area contributed by atoms with Gasteiger partial charge in [0.15, 0.2) is 6.61 Å². The van der Waals surface area contributed by atoms with Gasteiger partial charge in [0, 0.05) is 17.8 Å². The zero-order chi connectivity index (χ0) is 21.0. The smallest absolute Gasteiger partial charge is 0.287 e. The zero-order valence-electron chi connectivity index (χ0n) is 15.7. The van der Waals surface area contributed by atoms with Gasteiger partial charge in [0.25, 0.3) is 16.4 Å². The summed E-state index contributed by atoms with van der Waals surface area (Å²) in [7, 11) is 0. The van der Waals surface area contributed by atoms with Gasteiger partial charge in [-0.15, -0.1) is 5.10 Å². The lowest BCUT2D eigenvalue weighted by molar-refractivity contribution is -0.384. The Kier molecular flexibility index (Phi) is 6.03. The number of nitro groups is 1. The lowest BCUT2D eigenvalue weighted by atomic mass is 10.2. The predicted octanol–water partition coefficient (Wildman–Crippen LogP) is 3.95. The van der Waals surface area contributed by atoms with E-state index >= 15 is 0 Å². The number of hydrogen-bond acceptors (Lipinski definition) is 7. The van der Waals surface area contributed by atoms with Gasteiger partial charge in [0.05, 0.1) is 4.92 Å². The van der Waals surface area contributed by atoms with Gasteiger partial charge >= 0.3 is 0 Å². The van der Waals surface area contributed by atoms with E-state index in [4.69, 9.17) is 21.4 Å². The second-order valence-electron chi connectivity index (χ2n) is 6.33. The van der Waals surface area contributed by atoms with E-state index in [0.29, 0.717) is 17.0 Å². The number of nitro benzene ring substituents is 1.